The van der Waals surface area contributed by atoms with Crippen molar-refractivity contribution in [3.05, 3.63) is 24.3 Å². The Hall–Kier alpha value is -1.57. The molecule has 1 heterocycles. The third-order valence-corrected chi connectivity index (χ3v) is 4.27. The number of nitrogens with two attached hydrogens (primary N) is 1. The number of alkyl halides is 3. The first kappa shape index (κ1) is 16.8. The minimum atomic E-state index is -4.69. The molecular formula is C14H18F3N3OS. The average Bonchev–Trinajstić information content (AvgIpc) is 2.47. The number of halogens is 3. The van der Waals surface area contributed by atoms with Crippen LogP contribution < -0.4 is 15.8 Å². The Morgan fingerprint density at radius 3 is 2.50 bits per heavy atom. The summed E-state index contributed by atoms with van der Waals surface area (Å²) in [5, 5.41) is 2.86. The van der Waals surface area contributed by atoms with Crippen molar-refractivity contribution in [2.45, 2.75) is 19.2 Å². The maximum absolute atomic E-state index is 12.1. The van der Waals surface area contributed by atoms with Crippen molar-refractivity contribution in [1.29, 1.82) is 0 Å². The molecule has 1 saturated heterocycles. The Balaban J connectivity index is 1.84. The number of hydrogen-bond donors (Lipinski definition) is 2. The third kappa shape index (κ3) is 6.05. The van der Waals surface area contributed by atoms with E-state index in [9.17, 15) is 13.2 Å². The number of hydrogen-bond acceptors (Lipinski definition) is 3. The molecule has 3 N–H and O–H groups in total. The fourth-order valence-corrected chi connectivity index (χ4v) is 3.29. The van der Waals surface area contributed by atoms with Gasteiger partial charge in [-0.1, -0.05) is 0 Å². The lowest BCUT2D eigenvalue weighted by Gasteiger charge is -2.19. The second-order valence-corrected chi connectivity index (χ2v) is 6.20. The van der Waals surface area contributed by atoms with Gasteiger partial charge in [0.05, 0.1) is 0 Å². The Labute approximate surface area is 131 Å². The van der Waals surface area contributed by atoms with Crippen molar-refractivity contribution in [3.63, 3.8) is 0 Å². The summed E-state index contributed by atoms with van der Waals surface area (Å²) in [6.45, 7) is 0.675. The lowest BCUT2D eigenvalue weighted by molar-refractivity contribution is -0.274. The Morgan fingerprint density at radius 2 is 1.91 bits per heavy atom. The van der Waals surface area contributed by atoms with E-state index in [-0.39, 0.29) is 11.7 Å². The molecule has 0 bridgehead atoms. The molecule has 0 unspecified atom stereocenters. The van der Waals surface area contributed by atoms with Gasteiger partial charge in [-0.2, -0.15) is 11.8 Å². The minimum absolute atomic E-state index is 0.266. The maximum atomic E-state index is 12.1. The SMILES string of the molecule is NC(=NCC1CCSCC1)Nc1ccc(OC(F)(F)F)cc1. The van der Waals surface area contributed by atoms with Crippen LogP contribution in [0.3, 0.4) is 0 Å². The van der Waals surface area contributed by atoms with E-state index in [1.54, 1.807) is 0 Å². The zero-order valence-electron chi connectivity index (χ0n) is 11.9. The van der Waals surface area contributed by atoms with Gasteiger partial charge in [-0.25, -0.2) is 0 Å². The monoisotopic (exact) mass is 333 g/mol. The molecule has 0 amide bonds. The van der Waals surface area contributed by atoms with E-state index in [0.717, 1.165) is 24.3 Å². The van der Waals surface area contributed by atoms with Crippen molar-refractivity contribution in [2.75, 3.05) is 23.4 Å². The summed E-state index contributed by atoms with van der Waals surface area (Å²) in [7, 11) is 0. The summed E-state index contributed by atoms with van der Waals surface area (Å²) in [5.41, 5.74) is 6.35. The van der Waals surface area contributed by atoms with E-state index in [4.69, 9.17) is 5.73 Å². The van der Waals surface area contributed by atoms with Gasteiger partial charge >= 0.3 is 6.36 Å². The highest BCUT2D eigenvalue weighted by Crippen LogP contribution is 2.24. The van der Waals surface area contributed by atoms with Gasteiger partial charge in [-0.05, 0) is 54.5 Å². The van der Waals surface area contributed by atoms with Crippen molar-refractivity contribution in [2.24, 2.45) is 16.6 Å². The van der Waals surface area contributed by atoms with Crippen molar-refractivity contribution < 1.29 is 17.9 Å². The number of rotatable bonds is 4. The maximum Gasteiger partial charge on any atom is 0.573 e. The van der Waals surface area contributed by atoms with Gasteiger partial charge in [0.1, 0.15) is 5.75 Å². The third-order valence-electron chi connectivity index (χ3n) is 3.22. The molecule has 1 aliphatic heterocycles. The number of ether oxygens (including phenoxy) is 1. The predicted molar refractivity (Wildman–Crippen MR) is 83.3 cm³/mol. The Morgan fingerprint density at radius 1 is 1.27 bits per heavy atom. The lowest BCUT2D eigenvalue weighted by atomic mass is 10.0. The normalized spacial score (nSPS) is 17.3. The fourth-order valence-electron chi connectivity index (χ4n) is 2.08. The van der Waals surface area contributed by atoms with Crippen LogP contribution in [0.4, 0.5) is 18.9 Å². The topological polar surface area (TPSA) is 59.6 Å². The van der Waals surface area contributed by atoms with Crippen LogP contribution in [0.15, 0.2) is 29.3 Å². The molecule has 0 aliphatic carbocycles. The molecule has 0 radical (unpaired) electrons. The quantitative estimate of drug-likeness (QED) is 0.654. The van der Waals surface area contributed by atoms with Gasteiger partial charge in [0, 0.05) is 12.2 Å². The van der Waals surface area contributed by atoms with Crippen LogP contribution in [0.1, 0.15) is 12.8 Å². The van der Waals surface area contributed by atoms with Crippen molar-refractivity contribution >= 4 is 23.4 Å². The van der Waals surface area contributed by atoms with E-state index >= 15 is 0 Å². The van der Waals surface area contributed by atoms with Gasteiger partial charge in [-0.15, -0.1) is 13.2 Å². The van der Waals surface area contributed by atoms with Crippen LogP contribution in [0.2, 0.25) is 0 Å². The summed E-state index contributed by atoms with van der Waals surface area (Å²) >= 11 is 1.95. The van der Waals surface area contributed by atoms with E-state index < -0.39 is 6.36 Å². The zero-order valence-corrected chi connectivity index (χ0v) is 12.7. The molecule has 1 aliphatic rings. The van der Waals surface area contributed by atoms with Crippen LogP contribution in [0.25, 0.3) is 0 Å². The smallest absolute Gasteiger partial charge is 0.406 e. The van der Waals surface area contributed by atoms with E-state index in [0.29, 0.717) is 18.2 Å². The summed E-state index contributed by atoms with van der Waals surface area (Å²) in [6, 6.07) is 5.37. The van der Waals surface area contributed by atoms with Crippen molar-refractivity contribution in [1.82, 2.24) is 0 Å². The molecule has 0 spiro atoms. The van der Waals surface area contributed by atoms with Crippen LogP contribution in [0, 0.1) is 5.92 Å². The molecule has 0 aromatic heterocycles. The summed E-state index contributed by atoms with van der Waals surface area (Å²) in [6.07, 6.45) is -2.40. The number of guanidine groups is 1. The van der Waals surface area contributed by atoms with Crippen LogP contribution in [-0.4, -0.2) is 30.4 Å². The van der Waals surface area contributed by atoms with Gasteiger partial charge in [0.15, 0.2) is 5.96 Å². The first-order valence-electron chi connectivity index (χ1n) is 6.93. The van der Waals surface area contributed by atoms with Gasteiger partial charge < -0.3 is 15.8 Å². The summed E-state index contributed by atoms with van der Waals surface area (Å²) in [4.78, 5) is 4.29. The number of benzene rings is 1. The van der Waals surface area contributed by atoms with Crippen LogP contribution in [0.5, 0.6) is 5.75 Å². The fraction of sp³-hybridized carbons (Fsp3) is 0.500. The van der Waals surface area contributed by atoms with Crippen molar-refractivity contribution in [3.8, 4) is 5.75 Å². The van der Waals surface area contributed by atoms with Gasteiger partial charge in [0.2, 0.25) is 0 Å². The molecule has 22 heavy (non-hydrogen) atoms. The predicted octanol–water partition coefficient (Wildman–Crippen LogP) is 3.46. The Kier molecular flexibility index (Phi) is 5.82. The molecule has 1 fully saturated rings. The van der Waals surface area contributed by atoms with Crippen LogP contribution >= 0.6 is 11.8 Å². The molecule has 8 heteroatoms. The molecule has 2 rings (SSSR count). The highest BCUT2D eigenvalue weighted by Gasteiger charge is 2.30. The number of aliphatic imine (C=N–C) groups is 1. The van der Waals surface area contributed by atoms with Gasteiger partial charge in [0.25, 0.3) is 0 Å². The average molecular weight is 333 g/mol. The Bertz CT molecular complexity index is 499. The van der Waals surface area contributed by atoms with Crippen LogP contribution in [-0.2, 0) is 0 Å². The highest BCUT2D eigenvalue weighted by molar-refractivity contribution is 7.99. The van der Waals surface area contributed by atoms with E-state index in [1.165, 1.54) is 24.3 Å². The summed E-state index contributed by atoms with van der Waals surface area (Å²) in [5.74, 6) is 2.88. The van der Waals surface area contributed by atoms with Gasteiger partial charge in [-0.3, -0.25) is 4.99 Å². The molecule has 0 atom stereocenters. The first-order chi connectivity index (χ1) is 10.4. The summed E-state index contributed by atoms with van der Waals surface area (Å²) < 4.78 is 39.9. The van der Waals surface area contributed by atoms with E-state index in [1.807, 2.05) is 11.8 Å². The molecule has 1 aromatic carbocycles. The molecule has 4 nitrogen and oxygen atoms in total. The number of thioether (sulfide) groups is 1. The molecular weight excluding hydrogens is 315 g/mol. The second kappa shape index (κ2) is 7.62. The highest BCUT2D eigenvalue weighted by atomic mass is 32.2. The first-order valence-corrected chi connectivity index (χ1v) is 8.08. The van der Waals surface area contributed by atoms with E-state index in [2.05, 4.69) is 15.0 Å². The number of nitrogens with zero attached hydrogens (tertiary/aromatic N) is 1. The molecule has 122 valence electrons. The number of anilines is 1. The zero-order chi connectivity index (χ0) is 16.0. The largest absolute Gasteiger partial charge is 0.573 e. The standard InChI is InChI=1S/C14H18F3N3OS/c15-14(16,17)21-12-3-1-11(2-4-12)20-13(18)19-9-10-5-7-22-8-6-10/h1-4,10H,5-9H2,(H3,18,19,20). The molecule has 0 saturated carbocycles. The molecule has 1 aromatic rings. The minimum Gasteiger partial charge on any atom is -0.406 e. The lowest BCUT2D eigenvalue weighted by Crippen LogP contribution is -2.24. The second-order valence-electron chi connectivity index (χ2n) is 4.98. The number of nitrogens with one attached hydrogen (secondary N) is 1.